The van der Waals surface area contributed by atoms with E-state index in [-0.39, 0.29) is 5.97 Å². The predicted octanol–water partition coefficient (Wildman–Crippen LogP) is 3.55. The molecule has 3 heteroatoms. The molecular weight excluding hydrogens is 224 g/mol. The first kappa shape index (κ1) is 12.8. The lowest BCUT2D eigenvalue weighted by Gasteiger charge is -2.07. The minimum Gasteiger partial charge on any atom is -0.462 e. The third kappa shape index (κ3) is 3.70. The van der Waals surface area contributed by atoms with Crippen molar-refractivity contribution in [3.63, 3.8) is 0 Å². The van der Waals surface area contributed by atoms with Crippen LogP contribution in [0.25, 0.3) is 0 Å². The third-order valence-electron chi connectivity index (χ3n) is 2.18. The fourth-order valence-electron chi connectivity index (χ4n) is 1.42. The normalized spacial score (nSPS) is 9.88. The smallest absolute Gasteiger partial charge is 0.338 e. The molecule has 1 aromatic carbocycles. The summed E-state index contributed by atoms with van der Waals surface area (Å²) in [5, 5.41) is 0.596. The number of hydrogen-bond acceptors (Lipinski definition) is 2. The quantitative estimate of drug-likeness (QED) is 0.734. The Morgan fingerprint density at radius 2 is 2.12 bits per heavy atom. The van der Waals surface area contributed by atoms with E-state index in [4.69, 9.17) is 16.3 Å². The molecule has 0 N–H and O–H groups in total. The summed E-state index contributed by atoms with van der Waals surface area (Å²) >= 11 is 5.71. The first-order valence-corrected chi connectivity index (χ1v) is 5.61. The number of halogens is 1. The standard InChI is InChI=1S/C13H15ClO2/c1-3-16-13(15)12-7-5-4-6-11(12)9-8-10(2)14/h4-7H,2-3,8-9H2,1H3. The van der Waals surface area contributed by atoms with Crippen molar-refractivity contribution >= 4 is 17.6 Å². The highest BCUT2D eigenvalue weighted by molar-refractivity contribution is 6.29. The Kier molecular flexibility index (Phi) is 5.06. The highest BCUT2D eigenvalue weighted by Crippen LogP contribution is 2.15. The van der Waals surface area contributed by atoms with Crippen molar-refractivity contribution in [1.29, 1.82) is 0 Å². The Hall–Kier alpha value is -1.28. The Morgan fingerprint density at radius 1 is 1.44 bits per heavy atom. The van der Waals surface area contributed by atoms with E-state index in [0.29, 0.717) is 30.0 Å². The largest absolute Gasteiger partial charge is 0.462 e. The van der Waals surface area contributed by atoms with E-state index in [9.17, 15) is 4.79 Å². The van der Waals surface area contributed by atoms with E-state index in [2.05, 4.69) is 6.58 Å². The molecule has 0 radical (unpaired) electrons. The minimum atomic E-state index is -0.279. The number of ether oxygens (including phenoxy) is 1. The van der Waals surface area contributed by atoms with E-state index in [0.717, 1.165) is 5.56 Å². The van der Waals surface area contributed by atoms with Crippen molar-refractivity contribution in [3.05, 3.63) is 47.0 Å². The van der Waals surface area contributed by atoms with Crippen LogP contribution in [-0.4, -0.2) is 12.6 Å². The van der Waals surface area contributed by atoms with Gasteiger partial charge in [0.2, 0.25) is 0 Å². The summed E-state index contributed by atoms with van der Waals surface area (Å²) in [5.41, 5.74) is 1.56. The monoisotopic (exact) mass is 238 g/mol. The summed E-state index contributed by atoms with van der Waals surface area (Å²) in [4.78, 5) is 11.6. The molecule has 0 aliphatic heterocycles. The molecule has 0 saturated heterocycles. The van der Waals surface area contributed by atoms with Gasteiger partial charge >= 0.3 is 5.97 Å². The number of hydrogen-bond donors (Lipinski definition) is 0. The van der Waals surface area contributed by atoms with Crippen LogP contribution in [0.15, 0.2) is 35.9 Å². The SMILES string of the molecule is C=C(Cl)CCc1ccccc1C(=O)OCC. The Labute approximate surface area is 101 Å². The maximum atomic E-state index is 11.6. The Balaban J connectivity index is 2.82. The summed E-state index contributed by atoms with van der Waals surface area (Å²) in [6.45, 7) is 5.81. The van der Waals surface area contributed by atoms with Crippen LogP contribution in [0.5, 0.6) is 0 Å². The first-order valence-electron chi connectivity index (χ1n) is 5.23. The number of rotatable bonds is 5. The zero-order valence-corrected chi connectivity index (χ0v) is 10.1. The number of carbonyl (C=O) groups excluding carboxylic acids is 1. The van der Waals surface area contributed by atoms with Gasteiger partial charge in [-0.05, 0) is 31.4 Å². The molecule has 0 aromatic heterocycles. The number of allylic oxidation sites excluding steroid dienone is 1. The van der Waals surface area contributed by atoms with E-state index in [1.165, 1.54) is 0 Å². The van der Waals surface area contributed by atoms with Gasteiger partial charge in [0.05, 0.1) is 12.2 Å². The van der Waals surface area contributed by atoms with Crippen molar-refractivity contribution in [2.75, 3.05) is 6.61 Å². The molecule has 0 fully saturated rings. The second-order valence-corrected chi connectivity index (χ2v) is 3.93. The van der Waals surface area contributed by atoms with Crippen LogP contribution in [0, 0.1) is 0 Å². The minimum absolute atomic E-state index is 0.279. The lowest BCUT2D eigenvalue weighted by atomic mass is 10.0. The van der Waals surface area contributed by atoms with Gasteiger partial charge in [0.25, 0.3) is 0 Å². The first-order chi connectivity index (χ1) is 7.65. The van der Waals surface area contributed by atoms with Crippen LogP contribution in [0.3, 0.4) is 0 Å². The summed E-state index contributed by atoms with van der Waals surface area (Å²) in [6.07, 6.45) is 1.37. The molecule has 0 saturated carbocycles. The summed E-state index contributed by atoms with van der Waals surface area (Å²) in [5.74, 6) is -0.279. The predicted molar refractivity (Wildman–Crippen MR) is 65.7 cm³/mol. The molecule has 0 bridgehead atoms. The number of esters is 1. The summed E-state index contributed by atoms with van der Waals surface area (Å²) in [6, 6.07) is 7.40. The van der Waals surface area contributed by atoms with Crippen molar-refractivity contribution in [3.8, 4) is 0 Å². The topological polar surface area (TPSA) is 26.3 Å². The summed E-state index contributed by atoms with van der Waals surface area (Å²) in [7, 11) is 0. The van der Waals surface area contributed by atoms with Crippen LogP contribution < -0.4 is 0 Å². The molecule has 2 nitrogen and oxygen atoms in total. The molecule has 0 amide bonds. The van der Waals surface area contributed by atoms with Gasteiger partial charge in [0, 0.05) is 5.03 Å². The Morgan fingerprint density at radius 3 is 2.75 bits per heavy atom. The van der Waals surface area contributed by atoms with Gasteiger partial charge in [-0.25, -0.2) is 4.79 Å². The van der Waals surface area contributed by atoms with Crippen LogP contribution in [0.1, 0.15) is 29.3 Å². The fraction of sp³-hybridized carbons (Fsp3) is 0.308. The van der Waals surface area contributed by atoms with Crippen LogP contribution >= 0.6 is 11.6 Å². The van der Waals surface area contributed by atoms with Crippen LogP contribution in [-0.2, 0) is 11.2 Å². The second kappa shape index (κ2) is 6.33. The molecule has 86 valence electrons. The highest BCUT2D eigenvalue weighted by Gasteiger charge is 2.11. The molecule has 0 aliphatic rings. The molecule has 0 aliphatic carbocycles. The van der Waals surface area contributed by atoms with Gasteiger partial charge in [0.15, 0.2) is 0 Å². The zero-order valence-electron chi connectivity index (χ0n) is 9.33. The molecule has 16 heavy (non-hydrogen) atoms. The lowest BCUT2D eigenvalue weighted by Crippen LogP contribution is -2.08. The van der Waals surface area contributed by atoms with Gasteiger partial charge in [-0.1, -0.05) is 36.4 Å². The average molecular weight is 239 g/mol. The van der Waals surface area contributed by atoms with Crippen molar-refractivity contribution in [2.24, 2.45) is 0 Å². The van der Waals surface area contributed by atoms with E-state index in [1.807, 2.05) is 18.2 Å². The molecule has 0 atom stereocenters. The van der Waals surface area contributed by atoms with Crippen molar-refractivity contribution < 1.29 is 9.53 Å². The molecule has 1 aromatic rings. The maximum Gasteiger partial charge on any atom is 0.338 e. The third-order valence-corrected chi connectivity index (χ3v) is 2.37. The van der Waals surface area contributed by atoms with Gasteiger partial charge in [0.1, 0.15) is 0 Å². The average Bonchev–Trinajstić information content (AvgIpc) is 2.27. The van der Waals surface area contributed by atoms with E-state index >= 15 is 0 Å². The number of aryl methyl sites for hydroxylation is 1. The highest BCUT2D eigenvalue weighted by atomic mass is 35.5. The number of carbonyl (C=O) groups is 1. The van der Waals surface area contributed by atoms with Crippen LogP contribution in [0.4, 0.5) is 0 Å². The fourth-order valence-corrected chi connectivity index (χ4v) is 1.51. The Bertz CT molecular complexity index is 385. The van der Waals surface area contributed by atoms with E-state index in [1.54, 1.807) is 13.0 Å². The maximum absolute atomic E-state index is 11.6. The zero-order chi connectivity index (χ0) is 12.0. The van der Waals surface area contributed by atoms with Gasteiger partial charge < -0.3 is 4.74 Å². The molecule has 0 heterocycles. The molecule has 0 spiro atoms. The van der Waals surface area contributed by atoms with Crippen molar-refractivity contribution in [1.82, 2.24) is 0 Å². The van der Waals surface area contributed by atoms with E-state index < -0.39 is 0 Å². The molecule has 0 unspecified atom stereocenters. The van der Waals surface area contributed by atoms with Gasteiger partial charge in [-0.3, -0.25) is 0 Å². The second-order valence-electron chi connectivity index (χ2n) is 3.39. The lowest BCUT2D eigenvalue weighted by molar-refractivity contribution is 0.0525. The molecular formula is C13H15ClO2. The summed E-state index contributed by atoms with van der Waals surface area (Å²) < 4.78 is 4.98. The number of benzene rings is 1. The van der Waals surface area contributed by atoms with Gasteiger partial charge in [-0.2, -0.15) is 0 Å². The van der Waals surface area contributed by atoms with Crippen molar-refractivity contribution in [2.45, 2.75) is 19.8 Å². The molecule has 1 rings (SSSR count). The van der Waals surface area contributed by atoms with Crippen LogP contribution in [0.2, 0.25) is 0 Å². The van der Waals surface area contributed by atoms with Gasteiger partial charge in [-0.15, -0.1) is 0 Å².